The number of thiocarbonyl (C=S) groups is 1. The van der Waals surface area contributed by atoms with E-state index in [9.17, 15) is 5.11 Å². The number of fused-ring (bicyclic) bond motifs is 1. The van der Waals surface area contributed by atoms with Gasteiger partial charge in [-0.15, -0.1) is 12.4 Å². The Morgan fingerprint density at radius 2 is 1.84 bits per heavy atom. The molecule has 166 valence electrons. The van der Waals surface area contributed by atoms with Gasteiger partial charge in [0.1, 0.15) is 18.1 Å². The molecule has 0 amide bonds. The fraction of sp³-hybridized carbons (Fsp3) is 0.304. The van der Waals surface area contributed by atoms with Crippen LogP contribution in [0.25, 0.3) is 5.76 Å². The summed E-state index contributed by atoms with van der Waals surface area (Å²) in [7, 11) is 4.04. The Bertz CT molecular complexity index is 963. The van der Waals surface area contributed by atoms with E-state index in [0.717, 1.165) is 16.8 Å². The van der Waals surface area contributed by atoms with Crippen LogP contribution in [0.3, 0.4) is 0 Å². The second-order valence-corrected chi connectivity index (χ2v) is 8.08. The maximum atomic E-state index is 11.2. The third-order valence-electron chi connectivity index (χ3n) is 5.21. The second kappa shape index (κ2) is 11.1. The molecule has 2 unspecified atom stereocenters. The van der Waals surface area contributed by atoms with Crippen LogP contribution in [-0.4, -0.2) is 48.1 Å². The lowest BCUT2D eigenvalue weighted by Crippen LogP contribution is -2.36. The van der Waals surface area contributed by atoms with Gasteiger partial charge in [0.05, 0.1) is 5.56 Å². The lowest BCUT2D eigenvalue weighted by molar-refractivity contribution is 0.301. The Kier molecular flexibility index (Phi) is 8.86. The fourth-order valence-corrected chi connectivity index (χ4v) is 3.90. The van der Waals surface area contributed by atoms with Crippen molar-refractivity contribution in [1.29, 1.82) is 0 Å². The van der Waals surface area contributed by atoms with Gasteiger partial charge in [0.15, 0.2) is 5.11 Å². The van der Waals surface area contributed by atoms with Crippen molar-refractivity contribution < 1.29 is 9.84 Å². The Labute approximate surface area is 195 Å². The van der Waals surface area contributed by atoms with Gasteiger partial charge in [-0.25, -0.2) is 0 Å². The fourth-order valence-electron chi connectivity index (χ4n) is 3.86. The number of halogens is 1. The standard InChI is InChI=1S/C23H28N4O2S.ClH/c1-15(25-26-23(24)30)18(13-27(2)3)21(16-9-5-4-6-10-16)19-14-29-20-12-8-7-11-17(20)22(19)28;/h4-12,18,21,28H,13-14H2,1-3H3,(H3,24,26,30);1H. The van der Waals surface area contributed by atoms with E-state index < -0.39 is 0 Å². The summed E-state index contributed by atoms with van der Waals surface area (Å²) >= 11 is 4.91. The molecule has 31 heavy (non-hydrogen) atoms. The molecule has 4 N–H and O–H groups in total. The normalized spacial score (nSPS) is 15.4. The molecule has 2 aromatic carbocycles. The molecular formula is C23H29ClN4O2S. The molecule has 3 rings (SSSR count). The third-order valence-corrected chi connectivity index (χ3v) is 5.30. The van der Waals surface area contributed by atoms with E-state index in [0.29, 0.717) is 24.5 Å². The summed E-state index contributed by atoms with van der Waals surface area (Å²) in [5.41, 5.74) is 11.7. The molecule has 0 fully saturated rings. The zero-order chi connectivity index (χ0) is 21.7. The monoisotopic (exact) mass is 460 g/mol. The number of aliphatic hydroxyl groups excluding tert-OH is 1. The molecule has 1 heterocycles. The van der Waals surface area contributed by atoms with Crippen molar-refractivity contribution in [2.75, 3.05) is 27.2 Å². The highest BCUT2D eigenvalue weighted by Crippen LogP contribution is 2.41. The summed E-state index contributed by atoms with van der Waals surface area (Å²) in [6, 6.07) is 17.7. The van der Waals surface area contributed by atoms with Crippen LogP contribution in [0.1, 0.15) is 24.0 Å². The first-order valence-corrected chi connectivity index (χ1v) is 10.2. The lowest BCUT2D eigenvalue weighted by Gasteiger charge is -2.34. The molecule has 1 aliphatic rings. The molecule has 2 atom stereocenters. The van der Waals surface area contributed by atoms with Gasteiger partial charge < -0.3 is 20.5 Å². The largest absolute Gasteiger partial charge is 0.507 e. The number of ether oxygens (including phenoxy) is 1. The topological polar surface area (TPSA) is 83.1 Å². The van der Waals surface area contributed by atoms with Gasteiger partial charge in [0.25, 0.3) is 0 Å². The van der Waals surface area contributed by atoms with Crippen LogP contribution in [0.4, 0.5) is 0 Å². The number of para-hydroxylation sites is 1. The molecule has 0 bridgehead atoms. The molecule has 0 saturated carbocycles. The van der Waals surface area contributed by atoms with Crippen molar-refractivity contribution in [3.05, 3.63) is 71.3 Å². The summed E-state index contributed by atoms with van der Waals surface area (Å²) in [5.74, 6) is 0.772. The first kappa shape index (κ1) is 24.7. The maximum absolute atomic E-state index is 11.2. The number of hydrogen-bond donors (Lipinski definition) is 3. The van der Waals surface area contributed by atoms with E-state index in [1.54, 1.807) is 0 Å². The quantitative estimate of drug-likeness (QED) is 0.330. The molecule has 0 aliphatic carbocycles. The van der Waals surface area contributed by atoms with Crippen LogP contribution in [0.5, 0.6) is 5.75 Å². The third kappa shape index (κ3) is 5.97. The number of aliphatic hydroxyl groups is 1. The predicted molar refractivity (Wildman–Crippen MR) is 133 cm³/mol. The molecule has 6 nitrogen and oxygen atoms in total. The summed E-state index contributed by atoms with van der Waals surface area (Å²) in [6.07, 6.45) is 0. The molecule has 1 aliphatic heterocycles. The number of benzene rings is 2. The molecule has 0 saturated heterocycles. The average Bonchev–Trinajstić information content (AvgIpc) is 2.73. The predicted octanol–water partition coefficient (Wildman–Crippen LogP) is 3.94. The van der Waals surface area contributed by atoms with Crippen LogP contribution in [-0.2, 0) is 0 Å². The molecule has 0 radical (unpaired) electrons. The molecule has 8 heteroatoms. The summed E-state index contributed by atoms with van der Waals surface area (Å²) in [6.45, 7) is 2.97. The van der Waals surface area contributed by atoms with Gasteiger partial charge in [-0.2, -0.15) is 5.10 Å². The molecule has 2 aromatic rings. The summed E-state index contributed by atoms with van der Waals surface area (Å²) in [4.78, 5) is 2.11. The average molecular weight is 461 g/mol. The van der Waals surface area contributed by atoms with Gasteiger partial charge in [-0.3, -0.25) is 5.43 Å². The Morgan fingerprint density at radius 3 is 2.48 bits per heavy atom. The van der Waals surface area contributed by atoms with E-state index >= 15 is 0 Å². The van der Waals surface area contributed by atoms with Gasteiger partial charge in [-0.1, -0.05) is 42.5 Å². The van der Waals surface area contributed by atoms with Gasteiger partial charge in [0, 0.05) is 29.7 Å². The minimum absolute atomic E-state index is 0. The first-order valence-electron chi connectivity index (χ1n) is 9.82. The van der Waals surface area contributed by atoms with Crippen LogP contribution in [0.2, 0.25) is 0 Å². The van der Waals surface area contributed by atoms with Crippen molar-refractivity contribution in [3.8, 4) is 5.75 Å². The number of nitrogens with zero attached hydrogens (tertiary/aromatic N) is 2. The molecule has 0 aromatic heterocycles. The van der Waals surface area contributed by atoms with Crippen LogP contribution in [0, 0.1) is 5.92 Å². The number of hydrazone groups is 1. The number of nitrogens with two attached hydrogens (primary N) is 1. The van der Waals surface area contributed by atoms with Crippen molar-refractivity contribution in [2.24, 2.45) is 16.8 Å². The van der Waals surface area contributed by atoms with E-state index in [1.165, 1.54) is 0 Å². The van der Waals surface area contributed by atoms with Gasteiger partial charge in [-0.05, 0) is 50.9 Å². The Hall–Kier alpha value is -2.61. The van der Waals surface area contributed by atoms with Crippen LogP contribution in [0.15, 0.2) is 65.3 Å². The van der Waals surface area contributed by atoms with Gasteiger partial charge in [0.2, 0.25) is 0 Å². The summed E-state index contributed by atoms with van der Waals surface area (Å²) < 4.78 is 6.01. The van der Waals surface area contributed by atoms with Crippen molar-refractivity contribution in [2.45, 2.75) is 12.8 Å². The Morgan fingerprint density at radius 1 is 1.19 bits per heavy atom. The smallest absolute Gasteiger partial charge is 0.184 e. The number of hydrogen-bond acceptors (Lipinski definition) is 5. The minimum atomic E-state index is -0.140. The zero-order valence-electron chi connectivity index (χ0n) is 17.9. The van der Waals surface area contributed by atoms with Crippen LogP contribution < -0.4 is 15.9 Å². The van der Waals surface area contributed by atoms with Crippen LogP contribution >= 0.6 is 24.6 Å². The van der Waals surface area contributed by atoms with E-state index in [2.05, 4.69) is 27.6 Å². The number of rotatable bonds is 7. The SMILES string of the molecule is CC(=NNC(N)=S)C(CN(C)C)C(C1=C(O)c2ccccc2OC1)c1ccccc1.Cl. The van der Waals surface area contributed by atoms with Gasteiger partial charge >= 0.3 is 0 Å². The van der Waals surface area contributed by atoms with E-state index in [-0.39, 0.29) is 35.1 Å². The van der Waals surface area contributed by atoms with Crippen molar-refractivity contribution in [3.63, 3.8) is 0 Å². The molecule has 0 spiro atoms. The Balaban J connectivity index is 0.00000341. The maximum Gasteiger partial charge on any atom is 0.184 e. The molecular weight excluding hydrogens is 432 g/mol. The second-order valence-electron chi connectivity index (χ2n) is 7.65. The zero-order valence-corrected chi connectivity index (χ0v) is 19.5. The van der Waals surface area contributed by atoms with E-state index in [1.807, 2.05) is 63.5 Å². The van der Waals surface area contributed by atoms with E-state index in [4.69, 9.17) is 22.7 Å². The first-order chi connectivity index (χ1) is 14.4. The summed E-state index contributed by atoms with van der Waals surface area (Å²) in [5, 5.41) is 15.8. The highest BCUT2D eigenvalue weighted by Gasteiger charge is 2.34. The van der Waals surface area contributed by atoms with Crippen molar-refractivity contribution in [1.82, 2.24) is 10.3 Å². The lowest BCUT2D eigenvalue weighted by atomic mass is 9.76. The number of nitrogens with one attached hydrogen (secondary N) is 1. The highest BCUT2D eigenvalue weighted by atomic mass is 35.5. The highest BCUT2D eigenvalue weighted by molar-refractivity contribution is 7.80. The minimum Gasteiger partial charge on any atom is -0.507 e. The van der Waals surface area contributed by atoms with Crippen molar-refractivity contribution >= 4 is 41.2 Å².